The molecule has 1 unspecified atom stereocenters. The third-order valence-corrected chi connectivity index (χ3v) is 4.40. The summed E-state index contributed by atoms with van der Waals surface area (Å²) in [4.78, 5) is 26.4. The van der Waals surface area contributed by atoms with Crippen LogP contribution in [0, 0.1) is 5.92 Å². The number of anilines is 1. The average molecular weight is 341 g/mol. The highest BCUT2D eigenvalue weighted by Crippen LogP contribution is 2.35. The first-order chi connectivity index (χ1) is 12.0. The molecule has 0 bridgehead atoms. The number of nitrogens with one attached hydrogen (secondary N) is 1. The highest BCUT2D eigenvalue weighted by Gasteiger charge is 2.33. The fraction of sp³-hybridized carbons (Fsp3) is 0.421. The molecule has 1 aromatic heterocycles. The van der Waals surface area contributed by atoms with Crippen LogP contribution >= 0.6 is 0 Å². The van der Waals surface area contributed by atoms with Gasteiger partial charge in [-0.25, -0.2) is 0 Å². The van der Waals surface area contributed by atoms with E-state index in [1.165, 1.54) is 0 Å². The Labute approximate surface area is 147 Å². The molecule has 132 valence electrons. The van der Waals surface area contributed by atoms with Crippen LogP contribution in [0.5, 0.6) is 0 Å². The van der Waals surface area contributed by atoms with E-state index in [2.05, 4.69) is 24.3 Å². The van der Waals surface area contributed by atoms with Gasteiger partial charge in [0.2, 0.25) is 11.8 Å². The summed E-state index contributed by atoms with van der Waals surface area (Å²) in [5.74, 6) is 0.414. The third kappa shape index (κ3) is 3.73. The minimum atomic E-state index is -0.474. The highest BCUT2D eigenvalue weighted by molar-refractivity contribution is 6.02. The summed E-state index contributed by atoms with van der Waals surface area (Å²) in [5.41, 5.74) is 2.55. The molecule has 25 heavy (non-hydrogen) atoms. The monoisotopic (exact) mass is 341 g/mol. The number of aromatic nitrogens is 1. The predicted molar refractivity (Wildman–Crippen MR) is 94.1 cm³/mol. The van der Waals surface area contributed by atoms with Gasteiger partial charge in [0.25, 0.3) is 0 Å². The Hall–Kier alpha value is -2.63. The lowest BCUT2D eigenvalue weighted by Crippen LogP contribution is -2.39. The van der Waals surface area contributed by atoms with Crippen molar-refractivity contribution in [1.82, 2.24) is 10.5 Å². The first kappa shape index (κ1) is 17.2. The van der Waals surface area contributed by atoms with Crippen molar-refractivity contribution in [3.8, 4) is 0 Å². The van der Waals surface area contributed by atoms with Gasteiger partial charge >= 0.3 is 0 Å². The Morgan fingerprint density at radius 3 is 2.92 bits per heavy atom. The van der Waals surface area contributed by atoms with Crippen molar-refractivity contribution in [2.45, 2.75) is 39.2 Å². The maximum atomic E-state index is 12.6. The molecule has 1 atom stereocenters. The van der Waals surface area contributed by atoms with Crippen LogP contribution in [0.2, 0.25) is 0 Å². The zero-order valence-electron chi connectivity index (χ0n) is 14.8. The van der Waals surface area contributed by atoms with E-state index in [0.717, 1.165) is 23.4 Å². The second kappa shape index (κ2) is 7.09. The predicted octanol–water partition coefficient (Wildman–Crippen LogP) is 2.64. The molecule has 0 radical (unpaired) electrons. The zero-order chi connectivity index (χ0) is 18.0. The smallest absolute Gasteiger partial charge is 0.228 e. The molecule has 1 N–H and O–H groups in total. The summed E-state index contributed by atoms with van der Waals surface area (Å²) in [7, 11) is 1.74. The lowest BCUT2D eigenvalue weighted by Gasteiger charge is -2.30. The summed E-state index contributed by atoms with van der Waals surface area (Å²) in [5, 5.41) is 6.89. The summed E-state index contributed by atoms with van der Waals surface area (Å²) >= 11 is 0. The van der Waals surface area contributed by atoms with Gasteiger partial charge in [0, 0.05) is 25.2 Å². The van der Waals surface area contributed by atoms with E-state index >= 15 is 0 Å². The topological polar surface area (TPSA) is 75.4 Å². The van der Waals surface area contributed by atoms with E-state index in [9.17, 15) is 9.59 Å². The molecule has 2 amide bonds. The standard InChI is InChI=1S/C19H23N3O3/c1-12(2)8-13-9-14(25-21-13)11-20-19(24)16-10-18(23)22(3)17-7-5-4-6-15(16)17/h4-7,9,12,16H,8,10-11H2,1-3H3,(H,20,24). The Bertz CT molecular complexity index is 782. The van der Waals surface area contributed by atoms with Gasteiger partial charge in [0.1, 0.15) is 0 Å². The maximum Gasteiger partial charge on any atom is 0.228 e. The number of hydrogen-bond donors (Lipinski definition) is 1. The number of para-hydroxylation sites is 1. The number of amides is 2. The van der Waals surface area contributed by atoms with Crippen LogP contribution in [0.4, 0.5) is 5.69 Å². The summed E-state index contributed by atoms with van der Waals surface area (Å²) < 4.78 is 5.27. The van der Waals surface area contributed by atoms with Crippen molar-refractivity contribution < 1.29 is 14.1 Å². The minimum Gasteiger partial charge on any atom is -0.359 e. The van der Waals surface area contributed by atoms with Crippen LogP contribution in [0.25, 0.3) is 0 Å². The third-order valence-electron chi connectivity index (χ3n) is 4.40. The van der Waals surface area contributed by atoms with Crippen molar-refractivity contribution in [2.75, 3.05) is 11.9 Å². The molecule has 0 aliphatic carbocycles. The number of carbonyl (C=O) groups is 2. The molecule has 1 aromatic carbocycles. The molecule has 3 rings (SSSR count). The second-order valence-electron chi connectivity index (χ2n) is 6.87. The van der Waals surface area contributed by atoms with Crippen molar-refractivity contribution in [3.05, 3.63) is 47.3 Å². The summed E-state index contributed by atoms with van der Waals surface area (Å²) in [6.07, 6.45) is 1.02. The number of hydrogen-bond acceptors (Lipinski definition) is 4. The Morgan fingerprint density at radius 1 is 1.40 bits per heavy atom. The van der Waals surface area contributed by atoms with E-state index in [-0.39, 0.29) is 24.8 Å². The maximum absolute atomic E-state index is 12.6. The molecule has 6 heteroatoms. The number of rotatable bonds is 5. The highest BCUT2D eigenvalue weighted by atomic mass is 16.5. The van der Waals surface area contributed by atoms with Gasteiger partial charge < -0.3 is 14.7 Å². The fourth-order valence-electron chi connectivity index (χ4n) is 3.13. The first-order valence-electron chi connectivity index (χ1n) is 8.53. The van der Waals surface area contributed by atoms with Crippen LogP contribution in [0.15, 0.2) is 34.9 Å². The molecule has 1 aliphatic heterocycles. The molecule has 0 saturated carbocycles. The van der Waals surface area contributed by atoms with Crippen LogP contribution in [-0.2, 0) is 22.6 Å². The quantitative estimate of drug-likeness (QED) is 0.907. The van der Waals surface area contributed by atoms with E-state index in [4.69, 9.17) is 4.52 Å². The van der Waals surface area contributed by atoms with Gasteiger partial charge in [-0.2, -0.15) is 0 Å². The van der Waals surface area contributed by atoms with Gasteiger partial charge in [-0.15, -0.1) is 0 Å². The van der Waals surface area contributed by atoms with Gasteiger partial charge in [-0.05, 0) is 24.0 Å². The van der Waals surface area contributed by atoms with Gasteiger partial charge in [-0.3, -0.25) is 9.59 Å². The number of carbonyl (C=O) groups excluding carboxylic acids is 2. The summed E-state index contributed by atoms with van der Waals surface area (Å²) in [6, 6.07) is 9.39. The SMILES string of the molecule is CC(C)Cc1cc(CNC(=O)C2CC(=O)N(C)c3ccccc32)on1. The molecule has 0 spiro atoms. The van der Waals surface area contributed by atoms with Crippen LogP contribution in [0.1, 0.15) is 43.2 Å². The molecular formula is C19H23N3O3. The lowest BCUT2D eigenvalue weighted by molar-refractivity contribution is -0.127. The second-order valence-corrected chi connectivity index (χ2v) is 6.87. The molecule has 0 saturated heterocycles. The van der Waals surface area contributed by atoms with Crippen molar-refractivity contribution in [3.63, 3.8) is 0 Å². The molecule has 0 fully saturated rings. The Balaban J connectivity index is 1.68. The molecule has 1 aliphatic rings. The van der Waals surface area contributed by atoms with Crippen LogP contribution in [-0.4, -0.2) is 24.0 Å². The van der Waals surface area contributed by atoms with Crippen molar-refractivity contribution in [2.24, 2.45) is 5.92 Å². The normalized spacial score (nSPS) is 16.9. The van der Waals surface area contributed by atoms with E-state index in [1.807, 2.05) is 30.3 Å². The van der Waals surface area contributed by atoms with Crippen molar-refractivity contribution in [1.29, 1.82) is 0 Å². The zero-order valence-corrected chi connectivity index (χ0v) is 14.8. The molecular weight excluding hydrogens is 318 g/mol. The number of fused-ring (bicyclic) bond motifs is 1. The van der Waals surface area contributed by atoms with Gasteiger partial charge in [-0.1, -0.05) is 37.2 Å². The van der Waals surface area contributed by atoms with Gasteiger partial charge in [0.15, 0.2) is 5.76 Å². The van der Waals surface area contributed by atoms with E-state index in [1.54, 1.807) is 11.9 Å². The lowest BCUT2D eigenvalue weighted by atomic mass is 9.89. The van der Waals surface area contributed by atoms with E-state index < -0.39 is 5.92 Å². The van der Waals surface area contributed by atoms with Crippen LogP contribution < -0.4 is 10.2 Å². The van der Waals surface area contributed by atoms with Crippen LogP contribution in [0.3, 0.4) is 0 Å². The Kier molecular flexibility index (Phi) is 4.88. The first-order valence-corrected chi connectivity index (χ1v) is 8.53. The minimum absolute atomic E-state index is 0.0577. The number of benzene rings is 1. The average Bonchev–Trinajstić information content (AvgIpc) is 3.02. The van der Waals surface area contributed by atoms with Gasteiger partial charge in [0.05, 0.1) is 18.2 Å². The molecule has 2 heterocycles. The largest absolute Gasteiger partial charge is 0.359 e. The fourth-order valence-corrected chi connectivity index (χ4v) is 3.13. The van der Waals surface area contributed by atoms with Crippen molar-refractivity contribution >= 4 is 17.5 Å². The molecule has 2 aromatic rings. The summed E-state index contributed by atoms with van der Waals surface area (Å²) in [6.45, 7) is 4.50. The molecule has 6 nitrogen and oxygen atoms in total. The Morgan fingerprint density at radius 2 is 2.16 bits per heavy atom. The van der Waals surface area contributed by atoms with E-state index in [0.29, 0.717) is 11.7 Å². The number of nitrogens with zero attached hydrogens (tertiary/aromatic N) is 2.